The number of rotatable bonds is 9. The molecule has 7 nitrogen and oxygen atoms in total. The molecule has 0 atom stereocenters. The molecule has 1 aliphatic heterocycles. The normalized spacial score (nSPS) is 14.2. The Morgan fingerprint density at radius 2 is 1.67 bits per heavy atom. The van der Waals surface area contributed by atoms with E-state index in [1.165, 1.54) is 5.56 Å². The predicted octanol–water partition coefficient (Wildman–Crippen LogP) is 3.31. The molecule has 0 aliphatic carbocycles. The van der Waals surface area contributed by atoms with Crippen molar-refractivity contribution in [3.05, 3.63) is 83.7 Å². The molecule has 172 valence electrons. The number of benzene rings is 2. The summed E-state index contributed by atoms with van der Waals surface area (Å²) in [7, 11) is 0. The van der Waals surface area contributed by atoms with Crippen molar-refractivity contribution in [1.82, 2.24) is 20.2 Å². The smallest absolute Gasteiger partial charge is 0.251 e. The van der Waals surface area contributed by atoms with Gasteiger partial charge in [0.05, 0.1) is 6.61 Å². The SMILES string of the molecule is Cc1ccc(C(=O)NCCCOc2ccc(CN3CCN(c4ncccn4)CC3)cc2)cc1. The van der Waals surface area contributed by atoms with Gasteiger partial charge in [0.2, 0.25) is 5.95 Å². The molecule has 1 aliphatic rings. The number of aryl methyl sites for hydroxylation is 1. The van der Waals surface area contributed by atoms with Crippen LogP contribution in [-0.4, -0.2) is 60.1 Å². The summed E-state index contributed by atoms with van der Waals surface area (Å²) in [4.78, 5) is 25.5. The van der Waals surface area contributed by atoms with Crippen molar-refractivity contribution in [2.45, 2.75) is 19.9 Å². The van der Waals surface area contributed by atoms with Crippen molar-refractivity contribution in [2.24, 2.45) is 0 Å². The van der Waals surface area contributed by atoms with Gasteiger partial charge < -0.3 is 15.0 Å². The number of anilines is 1. The Balaban J connectivity index is 1.13. The number of nitrogens with one attached hydrogen (secondary N) is 1. The second-order valence-electron chi connectivity index (χ2n) is 8.28. The predicted molar refractivity (Wildman–Crippen MR) is 130 cm³/mol. The second kappa shape index (κ2) is 11.4. The Morgan fingerprint density at radius 3 is 2.36 bits per heavy atom. The highest BCUT2D eigenvalue weighted by molar-refractivity contribution is 5.94. The average molecular weight is 446 g/mol. The van der Waals surface area contributed by atoms with Gasteiger partial charge >= 0.3 is 0 Å². The Morgan fingerprint density at radius 1 is 0.970 bits per heavy atom. The lowest BCUT2D eigenvalue weighted by Crippen LogP contribution is -2.46. The molecule has 0 bridgehead atoms. The highest BCUT2D eigenvalue weighted by Crippen LogP contribution is 2.16. The zero-order valence-electron chi connectivity index (χ0n) is 19.1. The summed E-state index contributed by atoms with van der Waals surface area (Å²) < 4.78 is 5.83. The molecule has 0 spiro atoms. The van der Waals surface area contributed by atoms with Gasteiger partial charge in [0, 0.05) is 57.2 Å². The summed E-state index contributed by atoms with van der Waals surface area (Å²) in [5, 5.41) is 2.94. The molecule has 0 saturated carbocycles. The quantitative estimate of drug-likeness (QED) is 0.510. The Labute approximate surface area is 195 Å². The molecule has 1 aromatic heterocycles. The third-order valence-electron chi connectivity index (χ3n) is 5.73. The molecule has 2 heterocycles. The first kappa shape index (κ1) is 22.7. The third-order valence-corrected chi connectivity index (χ3v) is 5.73. The lowest BCUT2D eigenvalue weighted by Gasteiger charge is -2.34. The molecule has 1 amide bonds. The molecule has 1 N–H and O–H groups in total. The van der Waals surface area contributed by atoms with Gasteiger partial charge in [-0.3, -0.25) is 9.69 Å². The molecule has 2 aromatic carbocycles. The van der Waals surface area contributed by atoms with Crippen LogP contribution in [0.5, 0.6) is 5.75 Å². The van der Waals surface area contributed by atoms with E-state index in [1.807, 2.05) is 49.4 Å². The van der Waals surface area contributed by atoms with Gasteiger partial charge in [0.25, 0.3) is 5.91 Å². The average Bonchev–Trinajstić information content (AvgIpc) is 2.86. The highest BCUT2D eigenvalue weighted by atomic mass is 16.5. The number of carbonyl (C=O) groups excluding carboxylic acids is 1. The van der Waals surface area contributed by atoms with Crippen LogP contribution in [0.4, 0.5) is 5.95 Å². The number of ether oxygens (including phenoxy) is 1. The molecule has 1 fully saturated rings. The summed E-state index contributed by atoms with van der Waals surface area (Å²) in [6, 6.07) is 17.7. The van der Waals surface area contributed by atoms with E-state index in [0.717, 1.165) is 56.4 Å². The summed E-state index contributed by atoms with van der Waals surface area (Å²) in [5.74, 6) is 1.62. The van der Waals surface area contributed by atoms with Crippen molar-refractivity contribution in [3.8, 4) is 5.75 Å². The summed E-state index contributed by atoms with van der Waals surface area (Å²) >= 11 is 0. The minimum Gasteiger partial charge on any atom is -0.494 e. The van der Waals surface area contributed by atoms with E-state index in [4.69, 9.17) is 4.74 Å². The Kier molecular flexibility index (Phi) is 7.87. The van der Waals surface area contributed by atoms with Gasteiger partial charge in [-0.2, -0.15) is 0 Å². The minimum absolute atomic E-state index is 0.0449. The molecule has 33 heavy (non-hydrogen) atoms. The van der Waals surface area contributed by atoms with E-state index in [-0.39, 0.29) is 5.91 Å². The summed E-state index contributed by atoms with van der Waals surface area (Å²) in [6.45, 7) is 7.94. The van der Waals surface area contributed by atoms with Crippen LogP contribution in [0.3, 0.4) is 0 Å². The van der Waals surface area contributed by atoms with E-state index < -0.39 is 0 Å². The van der Waals surface area contributed by atoms with Gasteiger partial charge in [-0.05, 0) is 49.2 Å². The lowest BCUT2D eigenvalue weighted by molar-refractivity contribution is 0.0951. The van der Waals surface area contributed by atoms with Gasteiger partial charge in [0.1, 0.15) is 5.75 Å². The van der Waals surface area contributed by atoms with Crippen LogP contribution < -0.4 is 15.0 Å². The van der Waals surface area contributed by atoms with Crippen LogP contribution >= 0.6 is 0 Å². The molecule has 0 unspecified atom stereocenters. The van der Waals surface area contributed by atoms with E-state index >= 15 is 0 Å². The zero-order chi connectivity index (χ0) is 22.9. The fourth-order valence-electron chi connectivity index (χ4n) is 3.78. The Hall–Kier alpha value is -3.45. The lowest BCUT2D eigenvalue weighted by atomic mass is 10.1. The van der Waals surface area contributed by atoms with E-state index in [1.54, 1.807) is 12.4 Å². The topological polar surface area (TPSA) is 70.6 Å². The first-order chi connectivity index (χ1) is 16.2. The van der Waals surface area contributed by atoms with E-state index in [9.17, 15) is 4.79 Å². The number of hydrogen-bond donors (Lipinski definition) is 1. The standard InChI is InChI=1S/C26H31N5O2/c1-21-4-8-23(9-5-21)25(32)27-14-3-19-33-24-10-6-22(7-11-24)20-30-15-17-31(18-16-30)26-28-12-2-13-29-26/h2,4-13H,3,14-20H2,1H3,(H,27,32). The van der Waals surface area contributed by atoms with Crippen LogP contribution in [-0.2, 0) is 6.54 Å². The maximum atomic E-state index is 12.1. The van der Waals surface area contributed by atoms with Crippen molar-refractivity contribution in [1.29, 1.82) is 0 Å². The number of carbonyl (C=O) groups is 1. The van der Waals surface area contributed by atoms with Crippen molar-refractivity contribution in [3.63, 3.8) is 0 Å². The van der Waals surface area contributed by atoms with Gasteiger partial charge in [-0.1, -0.05) is 29.8 Å². The van der Waals surface area contributed by atoms with E-state index in [2.05, 4.69) is 37.2 Å². The van der Waals surface area contributed by atoms with Crippen molar-refractivity contribution >= 4 is 11.9 Å². The second-order valence-corrected chi connectivity index (χ2v) is 8.28. The largest absolute Gasteiger partial charge is 0.494 e. The fraction of sp³-hybridized carbons (Fsp3) is 0.346. The number of nitrogens with zero attached hydrogens (tertiary/aromatic N) is 4. The summed E-state index contributed by atoms with van der Waals surface area (Å²) in [5.41, 5.74) is 3.11. The van der Waals surface area contributed by atoms with Gasteiger partial charge in [-0.15, -0.1) is 0 Å². The molecule has 7 heteroatoms. The molecule has 1 saturated heterocycles. The van der Waals surface area contributed by atoms with Crippen LogP contribution in [0, 0.1) is 6.92 Å². The van der Waals surface area contributed by atoms with Gasteiger partial charge in [-0.25, -0.2) is 9.97 Å². The summed E-state index contributed by atoms with van der Waals surface area (Å²) in [6.07, 6.45) is 4.34. The number of aromatic nitrogens is 2. The maximum absolute atomic E-state index is 12.1. The maximum Gasteiger partial charge on any atom is 0.251 e. The molecule has 0 radical (unpaired) electrons. The first-order valence-corrected chi connectivity index (χ1v) is 11.5. The van der Waals surface area contributed by atoms with Gasteiger partial charge in [0.15, 0.2) is 0 Å². The van der Waals surface area contributed by atoms with E-state index in [0.29, 0.717) is 18.7 Å². The number of piperazine rings is 1. The van der Waals surface area contributed by atoms with Crippen molar-refractivity contribution < 1.29 is 9.53 Å². The molecular formula is C26H31N5O2. The highest BCUT2D eigenvalue weighted by Gasteiger charge is 2.18. The van der Waals surface area contributed by atoms with Crippen LogP contribution in [0.2, 0.25) is 0 Å². The molecule has 4 rings (SSSR count). The van der Waals surface area contributed by atoms with Crippen LogP contribution in [0.25, 0.3) is 0 Å². The zero-order valence-corrected chi connectivity index (χ0v) is 19.1. The Bertz CT molecular complexity index is 1000. The van der Waals surface area contributed by atoms with Crippen LogP contribution in [0.1, 0.15) is 27.9 Å². The molecular weight excluding hydrogens is 414 g/mol. The minimum atomic E-state index is -0.0449. The fourth-order valence-corrected chi connectivity index (χ4v) is 3.78. The number of amides is 1. The monoisotopic (exact) mass is 445 g/mol. The van der Waals surface area contributed by atoms with Crippen molar-refractivity contribution in [2.75, 3.05) is 44.2 Å². The first-order valence-electron chi connectivity index (χ1n) is 11.5. The third kappa shape index (κ3) is 6.76. The molecule has 3 aromatic rings. The van der Waals surface area contributed by atoms with Crippen LogP contribution in [0.15, 0.2) is 67.0 Å². The number of hydrogen-bond acceptors (Lipinski definition) is 6.